The van der Waals surface area contributed by atoms with Crippen LogP contribution < -0.4 is 0 Å². The third-order valence-electron chi connectivity index (χ3n) is 4.58. The van der Waals surface area contributed by atoms with Crippen LogP contribution in [-0.4, -0.2) is 0 Å². The van der Waals surface area contributed by atoms with E-state index in [4.69, 9.17) is 0 Å². The minimum atomic E-state index is 1.05. The Bertz CT molecular complexity index is 224. The third-order valence-corrected chi connectivity index (χ3v) is 4.58. The smallest absolute Gasteiger partial charge is 0.0146 e. The van der Waals surface area contributed by atoms with Crippen molar-refractivity contribution in [2.45, 2.75) is 51.4 Å². The number of allylic oxidation sites excluding steroid dienone is 2. The fourth-order valence-corrected chi connectivity index (χ4v) is 4.10. The number of hydrogen-bond acceptors (Lipinski definition) is 0. The molecule has 0 nitrogen and oxygen atoms in total. The molecular weight excluding hydrogens is 156 g/mol. The molecule has 2 fully saturated rings. The second kappa shape index (κ2) is 3.15. The summed E-state index contributed by atoms with van der Waals surface area (Å²) in [7, 11) is 0. The van der Waals surface area contributed by atoms with E-state index in [0.717, 1.165) is 17.8 Å². The molecule has 0 aromatic carbocycles. The molecule has 0 saturated heterocycles. The molecule has 0 N–H and O–H groups in total. The number of hydrogen-bond donors (Lipinski definition) is 0. The van der Waals surface area contributed by atoms with Gasteiger partial charge in [-0.3, -0.25) is 0 Å². The van der Waals surface area contributed by atoms with Crippen LogP contribution in [0.5, 0.6) is 0 Å². The molecule has 0 aliphatic heterocycles. The van der Waals surface area contributed by atoms with Crippen molar-refractivity contribution in [3.63, 3.8) is 0 Å². The summed E-state index contributed by atoms with van der Waals surface area (Å²) < 4.78 is 0. The molecule has 13 heavy (non-hydrogen) atoms. The Morgan fingerprint density at radius 3 is 2.62 bits per heavy atom. The van der Waals surface area contributed by atoms with Crippen LogP contribution in [0.2, 0.25) is 0 Å². The molecule has 0 heterocycles. The first kappa shape index (κ1) is 8.08. The standard InChI is InChI=1S/C13H20/c1-4-10-6-2-8-12-9-3-7-11(5-1)13(10)12/h4,11-13H,1-3,5-9H2. The summed E-state index contributed by atoms with van der Waals surface area (Å²) in [5, 5.41) is 0. The van der Waals surface area contributed by atoms with E-state index >= 15 is 0 Å². The Balaban J connectivity index is 1.91. The molecule has 0 radical (unpaired) electrons. The van der Waals surface area contributed by atoms with Crippen molar-refractivity contribution >= 4 is 0 Å². The molecule has 0 heteroatoms. The van der Waals surface area contributed by atoms with Gasteiger partial charge in [-0.05, 0) is 62.7 Å². The van der Waals surface area contributed by atoms with E-state index in [2.05, 4.69) is 6.08 Å². The van der Waals surface area contributed by atoms with Crippen LogP contribution in [-0.2, 0) is 0 Å². The summed E-state index contributed by atoms with van der Waals surface area (Å²) >= 11 is 0. The molecule has 0 bridgehead atoms. The minimum Gasteiger partial charge on any atom is -0.0850 e. The van der Waals surface area contributed by atoms with Crippen molar-refractivity contribution in [3.05, 3.63) is 11.6 Å². The van der Waals surface area contributed by atoms with Crippen LogP contribution in [0, 0.1) is 17.8 Å². The fraction of sp³-hybridized carbons (Fsp3) is 0.846. The monoisotopic (exact) mass is 176 g/mol. The Kier molecular flexibility index (Phi) is 1.96. The first-order valence-electron chi connectivity index (χ1n) is 6.14. The van der Waals surface area contributed by atoms with Crippen LogP contribution in [0.1, 0.15) is 51.4 Å². The first-order chi connectivity index (χ1) is 6.45. The summed E-state index contributed by atoms with van der Waals surface area (Å²) in [6.45, 7) is 0. The zero-order valence-corrected chi connectivity index (χ0v) is 8.47. The highest BCUT2D eigenvalue weighted by atomic mass is 14.4. The summed E-state index contributed by atoms with van der Waals surface area (Å²) in [6.07, 6.45) is 14.6. The van der Waals surface area contributed by atoms with E-state index in [1.54, 1.807) is 19.3 Å². The summed E-state index contributed by atoms with van der Waals surface area (Å²) in [4.78, 5) is 0. The second-order valence-electron chi connectivity index (χ2n) is 5.23. The van der Waals surface area contributed by atoms with E-state index in [9.17, 15) is 0 Å². The molecule has 0 amide bonds. The van der Waals surface area contributed by atoms with Crippen molar-refractivity contribution in [1.29, 1.82) is 0 Å². The molecule has 0 aromatic rings. The molecule has 2 saturated carbocycles. The third kappa shape index (κ3) is 1.26. The van der Waals surface area contributed by atoms with E-state index in [1.165, 1.54) is 32.1 Å². The van der Waals surface area contributed by atoms with Crippen LogP contribution in [0.15, 0.2) is 11.6 Å². The summed E-state index contributed by atoms with van der Waals surface area (Å²) in [6, 6.07) is 0. The lowest BCUT2D eigenvalue weighted by Crippen LogP contribution is -2.34. The quantitative estimate of drug-likeness (QED) is 0.491. The summed E-state index contributed by atoms with van der Waals surface area (Å²) in [5.41, 5.74) is 1.87. The molecule has 0 aromatic heterocycles. The molecule has 72 valence electrons. The largest absolute Gasteiger partial charge is 0.0850 e. The number of rotatable bonds is 0. The van der Waals surface area contributed by atoms with Crippen molar-refractivity contribution < 1.29 is 0 Å². The normalized spacial score (nSPS) is 43.7. The molecule has 3 aliphatic rings. The van der Waals surface area contributed by atoms with Gasteiger partial charge in [-0.2, -0.15) is 0 Å². The van der Waals surface area contributed by atoms with Gasteiger partial charge in [0.2, 0.25) is 0 Å². The lowest BCUT2D eigenvalue weighted by Gasteiger charge is -2.45. The Hall–Kier alpha value is -0.260. The SMILES string of the molecule is C1=C2CCCC3CCCC(CC1)C23. The minimum absolute atomic E-state index is 1.05. The molecule has 3 aliphatic carbocycles. The fourth-order valence-electron chi connectivity index (χ4n) is 4.10. The predicted octanol–water partition coefficient (Wildman–Crippen LogP) is 3.92. The second-order valence-corrected chi connectivity index (χ2v) is 5.23. The highest BCUT2D eigenvalue weighted by molar-refractivity contribution is 5.16. The maximum atomic E-state index is 2.58. The van der Waals surface area contributed by atoms with Gasteiger partial charge in [0.15, 0.2) is 0 Å². The van der Waals surface area contributed by atoms with Gasteiger partial charge in [-0.15, -0.1) is 0 Å². The molecule has 3 rings (SSSR count). The van der Waals surface area contributed by atoms with Crippen LogP contribution in [0.25, 0.3) is 0 Å². The van der Waals surface area contributed by atoms with Crippen LogP contribution >= 0.6 is 0 Å². The van der Waals surface area contributed by atoms with Crippen molar-refractivity contribution in [1.82, 2.24) is 0 Å². The van der Waals surface area contributed by atoms with E-state index in [0.29, 0.717) is 0 Å². The predicted molar refractivity (Wildman–Crippen MR) is 55.5 cm³/mol. The van der Waals surface area contributed by atoms with Crippen molar-refractivity contribution in [2.24, 2.45) is 17.8 Å². The van der Waals surface area contributed by atoms with Gasteiger partial charge in [0, 0.05) is 0 Å². The molecular formula is C13H20. The van der Waals surface area contributed by atoms with Gasteiger partial charge < -0.3 is 0 Å². The summed E-state index contributed by atoms with van der Waals surface area (Å²) in [5.74, 6) is 3.24. The van der Waals surface area contributed by atoms with E-state index < -0.39 is 0 Å². The van der Waals surface area contributed by atoms with E-state index in [-0.39, 0.29) is 0 Å². The molecule has 3 unspecified atom stereocenters. The maximum Gasteiger partial charge on any atom is -0.0146 e. The lowest BCUT2D eigenvalue weighted by atomic mass is 9.60. The lowest BCUT2D eigenvalue weighted by molar-refractivity contribution is 0.134. The van der Waals surface area contributed by atoms with Gasteiger partial charge in [-0.1, -0.05) is 18.1 Å². The zero-order valence-electron chi connectivity index (χ0n) is 8.47. The molecule has 0 spiro atoms. The highest BCUT2D eigenvalue weighted by Crippen LogP contribution is 2.50. The van der Waals surface area contributed by atoms with Gasteiger partial charge >= 0.3 is 0 Å². The topological polar surface area (TPSA) is 0 Å². The Morgan fingerprint density at radius 2 is 1.69 bits per heavy atom. The average Bonchev–Trinajstić information content (AvgIpc) is 2.19. The van der Waals surface area contributed by atoms with Crippen molar-refractivity contribution in [2.75, 3.05) is 0 Å². The highest BCUT2D eigenvalue weighted by Gasteiger charge is 2.38. The maximum absolute atomic E-state index is 2.58. The Labute approximate surface area is 81.4 Å². The van der Waals surface area contributed by atoms with Crippen LogP contribution in [0.4, 0.5) is 0 Å². The van der Waals surface area contributed by atoms with Gasteiger partial charge in [0.1, 0.15) is 0 Å². The molecule has 3 atom stereocenters. The van der Waals surface area contributed by atoms with Gasteiger partial charge in [0.05, 0.1) is 0 Å². The average molecular weight is 176 g/mol. The van der Waals surface area contributed by atoms with Gasteiger partial charge in [0.25, 0.3) is 0 Å². The zero-order chi connectivity index (χ0) is 8.67. The first-order valence-corrected chi connectivity index (χ1v) is 6.14. The Morgan fingerprint density at radius 1 is 0.923 bits per heavy atom. The van der Waals surface area contributed by atoms with E-state index in [1.807, 2.05) is 5.57 Å². The van der Waals surface area contributed by atoms with Crippen molar-refractivity contribution in [3.8, 4) is 0 Å². The van der Waals surface area contributed by atoms with Crippen LogP contribution in [0.3, 0.4) is 0 Å². The van der Waals surface area contributed by atoms with Gasteiger partial charge in [-0.25, -0.2) is 0 Å².